The minimum absolute atomic E-state index is 0.137. The second kappa shape index (κ2) is 9.60. The monoisotopic (exact) mass is 478 g/mol. The Morgan fingerprint density at radius 2 is 1.62 bits per heavy atom. The number of rotatable bonds is 6. The first-order valence-electron chi connectivity index (χ1n) is 11.6. The maximum Gasteiger partial charge on any atom is 0.344 e. The molecule has 3 aromatic rings. The lowest BCUT2D eigenvalue weighted by Gasteiger charge is -2.19. The summed E-state index contributed by atoms with van der Waals surface area (Å²) in [6, 6.07) is 17.3. The zero-order valence-electron chi connectivity index (χ0n) is 19.0. The molecule has 2 heterocycles. The van der Waals surface area contributed by atoms with Gasteiger partial charge < -0.3 is 15.0 Å². The van der Waals surface area contributed by atoms with Crippen molar-refractivity contribution >= 4 is 23.4 Å². The number of ether oxygens (including phenoxy) is 1. The summed E-state index contributed by atoms with van der Waals surface area (Å²) in [7, 11) is 0. The molecule has 1 aromatic heterocycles. The van der Waals surface area contributed by atoms with Gasteiger partial charge in [-0.25, -0.2) is 4.79 Å². The Labute approximate surface area is 203 Å². The molecule has 1 saturated carbocycles. The molecule has 1 aliphatic heterocycles. The van der Waals surface area contributed by atoms with Gasteiger partial charge in [0.05, 0.1) is 0 Å². The summed E-state index contributed by atoms with van der Waals surface area (Å²) in [6.45, 7) is 3.74. The lowest BCUT2D eigenvalue weighted by molar-refractivity contribution is 0.101. The van der Waals surface area contributed by atoms with Crippen LogP contribution in [0.1, 0.15) is 35.8 Å². The van der Waals surface area contributed by atoms with Gasteiger partial charge in [-0.05, 0) is 72.7 Å². The number of fused-ring (bicyclic) bond motifs is 1. The fourth-order valence-electron chi connectivity index (χ4n) is 4.96. The topological polar surface area (TPSA) is 76.5 Å². The number of hydrogen-bond donors (Lipinski definition) is 1. The molecule has 2 aliphatic rings. The van der Waals surface area contributed by atoms with Gasteiger partial charge in [-0.2, -0.15) is 9.78 Å². The summed E-state index contributed by atoms with van der Waals surface area (Å²) in [4.78, 5) is 26.1. The van der Waals surface area contributed by atoms with E-state index in [0.717, 1.165) is 44.0 Å². The Morgan fingerprint density at radius 3 is 2.21 bits per heavy atom. The molecule has 0 spiro atoms. The lowest BCUT2D eigenvalue weighted by atomic mass is 10.0. The van der Waals surface area contributed by atoms with Crippen molar-refractivity contribution in [1.29, 1.82) is 0 Å². The van der Waals surface area contributed by atoms with Crippen molar-refractivity contribution in [3.63, 3.8) is 0 Å². The molecule has 2 fully saturated rings. The standard InChI is InChI=1S/C26H27ClN4O3/c1-17(32)25-10-11-31(29-25)26(33)30-15-19-12-22(13-20(19)16-30)28-14-18-2-6-23(7-3-18)34-24-8-4-21(27)5-9-24/h2-11,19-20,22,28H,12-16H2,1H3/t19-,20+,22-. The highest BCUT2D eigenvalue weighted by atomic mass is 35.5. The average Bonchev–Trinajstić information content (AvgIpc) is 3.55. The van der Waals surface area contributed by atoms with Crippen molar-refractivity contribution in [1.82, 2.24) is 20.0 Å². The summed E-state index contributed by atoms with van der Waals surface area (Å²) in [5.41, 5.74) is 1.53. The number of nitrogens with zero attached hydrogens (tertiary/aromatic N) is 3. The molecule has 34 heavy (non-hydrogen) atoms. The van der Waals surface area contributed by atoms with E-state index in [4.69, 9.17) is 16.3 Å². The molecule has 8 heteroatoms. The van der Waals surface area contributed by atoms with Crippen LogP contribution in [-0.2, 0) is 6.54 Å². The van der Waals surface area contributed by atoms with Crippen LogP contribution in [0.2, 0.25) is 5.02 Å². The van der Waals surface area contributed by atoms with Crippen LogP contribution >= 0.6 is 11.6 Å². The van der Waals surface area contributed by atoms with Gasteiger partial charge in [0.2, 0.25) is 0 Å². The van der Waals surface area contributed by atoms with Crippen LogP contribution in [-0.4, -0.2) is 45.6 Å². The SMILES string of the molecule is CC(=O)c1ccn(C(=O)N2C[C@H]3C[C@@H](NCc4ccc(Oc5ccc(Cl)cc5)cc4)C[C@H]3C2)n1. The van der Waals surface area contributed by atoms with Crippen LogP contribution in [0.3, 0.4) is 0 Å². The fourth-order valence-corrected chi connectivity index (χ4v) is 5.09. The Balaban J connectivity index is 1.08. The van der Waals surface area contributed by atoms with Crippen molar-refractivity contribution < 1.29 is 14.3 Å². The van der Waals surface area contributed by atoms with Crippen LogP contribution in [0.4, 0.5) is 4.79 Å². The molecule has 2 aromatic carbocycles. The minimum atomic E-state index is -0.146. The highest BCUT2D eigenvalue weighted by Gasteiger charge is 2.42. The number of ketones is 1. The lowest BCUT2D eigenvalue weighted by Crippen LogP contribution is -2.35. The molecule has 0 radical (unpaired) electrons. The van der Waals surface area contributed by atoms with Crippen LogP contribution in [0, 0.1) is 11.8 Å². The van der Waals surface area contributed by atoms with E-state index in [2.05, 4.69) is 22.5 Å². The normalized spacial score (nSPS) is 21.5. The van der Waals surface area contributed by atoms with Gasteiger partial charge in [-0.15, -0.1) is 0 Å². The van der Waals surface area contributed by atoms with Crippen LogP contribution < -0.4 is 10.1 Å². The van der Waals surface area contributed by atoms with Crippen molar-refractivity contribution in [3.8, 4) is 11.5 Å². The van der Waals surface area contributed by atoms with Gasteiger partial charge in [0, 0.05) is 43.8 Å². The quantitative estimate of drug-likeness (QED) is 0.504. The van der Waals surface area contributed by atoms with Gasteiger partial charge in [0.25, 0.3) is 0 Å². The van der Waals surface area contributed by atoms with E-state index in [1.54, 1.807) is 12.3 Å². The number of benzene rings is 2. The molecule has 1 amide bonds. The molecule has 0 unspecified atom stereocenters. The number of amides is 1. The Kier molecular flexibility index (Phi) is 6.39. The first kappa shape index (κ1) is 22.6. The molecule has 5 rings (SSSR count). The zero-order valence-corrected chi connectivity index (χ0v) is 19.7. The highest BCUT2D eigenvalue weighted by molar-refractivity contribution is 6.30. The average molecular weight is 479 g/mol. The Hall–Kier alpha value is -3.16. The first-order valence-corrected chi connectivity index (χ1v) is 11.9. The predicted molar refractivity (Wildman–Crippen MR) is 129 cm³/mol. The van der Waals surface area contributed by atoms with Gasteiger partial charge >= 0.3 is 6.03 Å². The van der Waals surface area contributed by atoms with Gasteiger partial charge in [0.1, 0.15) is 17.2 Å². The highest BCUT2D eigenvalue weighted by Crippen LogP contribution is 2.38. The van der Waals surface area contributed by atoms with Gasteiger partial charge in [-0.1, -0.05) is 23.7 Å². The largest absolute Gasteiger partial charge is 0.457 e. The van der Waals surface area contributed by atoms with Crippen molar-refractivity contribution in [2.45, 2.75) is 32.4 Å². The molecule has 3 atom stereocenters. The van der Waals surface area contributed by atoms with Crippen molar-refractivity contribution in [2.75, 3.05) is 13.1 Å². The van der Waals surface area contributed by atoms with Gasteiger partial charge in [-0.3, -0.25) is 4.79 Å². The number of carbonyl (C=O) groups is 2. The van der Waals surface area contributed by atoms with E-state index in [9.17, 15) is 9.59 Å². The Bertz CT molecular complexity index is 1160. The first-order chi connectivity index (χ1) is 16.4. The maximum atomic E-state index is 12.7. The molecule has 176 valence electrons. The van der Waals surface area contributed by atoms with Crippen molar-refractivity contribution in [2.24, 2.45) is 11.8 Å². The maximum absolute atomic E-state index is 12.7. The number of carbonyl (C=O) groups excluding carboxylic acids is 2. The second-order valence-corrected chi connectivity index (χ2v) is 9.60. The number of aromatic nitrogens is 2. The molecule has 7 nitrogen and oxygen atoms in total. The fraction of sp³-hybridized carbons (Fsp3) is 0.346. The number of halogens is 1. The summed E-state index contributed by atoms with van der Waals surface area (Å²) >= 11 is 5.92. The van der Waals surface area contributed by atoms with E-state index in [-0.39, 0.29) is 11.8 Å². The van der Waals surface area contributed by atoms with E-state index in [0.29, 0.717) is 28.6 Å². The summed E-state index contributed by atoms with van der Waals surface area (Å²) in [5.74, 6) is 2.41. The molecule has 1 saturated heterocycles. The molecule has 1 aliphatic carbocycles. The minimum Gasteiger partial charge on any atom is -0.457 e. The molecular weight excluding hydrogens is 452 g/mol. The van der Waals surface area contributed by atoms with Crippen LogP contribution in [0.5, 0.6) is 11.5 Å². The molecule has 0 bridgehead atoms. The third kappa shape index (κ3) is 5.00. The van der Waals surface area contributed by atoms with E-state index < -0.39 is 0 Å². The Morgan fingerprint density at radius 1 is 1.00 bits per heavy atom. The van der Waals surface area contributed by atoms with Gasteiger partial charge in [0.15, 0.2) is 5.78 Å². The number of Topliss-reactive ketones (excluding diaryl/α,β-unsaturated/α-hetero) is 1. The van der Waals surface area contributed by atoms with E-state index >= 15 is 0 Å². The number of likely N-dealkylation sites (tertiary alicyclic amines) is 1. The molecule has 1 N–H and O–H groups in total. The third-order valence-corrected chi connectivity index (χ3v) is 6.99. The number of hydrogen-bond acceptors (Lipinski definition) is 5. The van der Waals surface area contributed by atoms with Crippen molar-refractivity contribution in [3.05, 3.63) is 77.1 Å². The summed E-state index contributed by atoms with van der Waals surface area (Å²) in [6.07, 6.45) is 3.69. The van der Waals surface area contributed by atoms with E-state index in [1.807, 2.05) is 41.3 Å². The number of nitrogens with one attached hydrogen (secondary N) is 1. The predicted octanol–water partition coefficient (Wildman–Crippen LogP) is 5.00. The van der Waals surface area contributed by atoms with Crippen LogP contribution in [0.15, 0.2) is 60.8 Å². The summed E-state index contributed by atoms with van der Waals surface area (Å²) in [5, 5.41) is 8.47. The third-order valence-electron chi connectivity index (χ3n) is 6.73. The summed E-state index contributed by atoms with van der Waals surface area (Å²) < 4.78 is 7.14. The smallest absolute Gasteiger partial charge is 0.344 e. The van der Waals surface area contributed by atoms with Crippen LogP contribution in [0.25, 0.3) is 0 Å². The van der Waals surface area contributed by atoms with E-state index in [1.165, 1.54) is 17.2 Å². The zero-order chi connectivity index (χ0) is 23.7. The second-order valence-electron chi connectivity index (χ2n) is 9.16. The molecular formula is C26H27ClN4O3.